The monoisotopic (exact) mass is 506 g/mol. The van der Waals surface area contributed by atoms with E-state index in [1.165, 1.54) is 24.3 Å². The van der Waals surface area contributed by atoms with Gasteiger partial charge in [-0.1, -0.05) is 0 Å². The molecule has 2 aliphatic rings. The van der Waals surface area contributed by atoms with Crippen molar-refractivity contribution in [2.75, 3.05) is 44.7 Å². The van der Waals surface area contributed by atoms with Crippen LogP contribution in [0, 0.1) is 5.82 Å². The molecule has 1 aromatic carbocycles. The van der Waals surface area contributed by atoms with Crippen LogP contribution in [0.15, 0.2) is 29.3 Å². The van der Waals surface area contributed by atoms with Gasteiger partial charge in [-0.15, -0.1) is 24.0 Å². The number of hydrogen-bond donors (Lipinski definition) is 2. The number of nitrogens with zero attached hydrogens (tertiary/aromatic N) is 2. The Morgan fingerprint density at radius 3 is 2.68 bits per heavy atom. The van der Waals surface area contributed by atoms with Gasteiger partial charge in [-0.3, -0.25) is 4.79 Å². The molecule has 0 spiro atoms. The molecule has 0 radical (unpaired) electrons. The number of anilines is 1. The first kappa shape index (κ1) is 22.8. The lowest BCUT2D eigenvalue weighted by Crippen LogP contribution is -2.53. The van der Waals surface area contributed by atoms with Gasteiger partial charge in [-0.05, 0) is 44.0 Å². The van der Waals surface area contributed by atoms with Crippen LogP contribution in [-0.2, 0) is 14.3 Å². The van der Waals surface area contributed by atoms with Crippen molar-refractivity contribution >= 4 is 41.5 Å². The van der Waals surface area contributed by atoms with E-state index in [0.717, 1.165) is 19.4 Å². The smallest absolute Gasteiger partial charge is 0.246 e. The highest BCUT2D eigenvalue weighted by molar-refractivity contribution is 14.0. The van der Waals surface area contributed by atoms with Crippen molar-refractivity contribution in [1.29, 1.82) is 0 Å². The Kier molecular flexibility index (Phi) is 9.39. The molecule has 0 bridgehead atoms. The van der Waals surface area contributed by atoms with Crippen molar-refractivity contribution in [1.82, 2.24) is 10.2 Å². The van der Waals surface area contributed by atoms with Crippen LogP contribution in [0.25, 0.3) is 0 Å². The summed E-state index contributed by atoms with van der Waals surface area (Å²) >= 11 is 0. The number of benzene rings is 1. The molecule has 2 unspecified atom stereocenters. The van der Waals surface area contributed by atoms with E-state index in [2.05, 4.69) is 20.5 Å². The van der Waals surface area contributed by atoms with Crippen molar-refractivity contribution in [3.05, 3.63) is 30.1 Å². The number of morpholine rings is 1. The molecule has 0 aliphatic carbocycles. The zero-order valence-corrected chi connectivity index (χ0v) is 18.4. The maximum atomic E-state index is 12.9. The molecule has 28 heavy (non-hydrogen) atoms. The van der Waals surface area contributed by atoms with Crippen LogP contribution in [-0.4, -0.2) is 68.4 Å². The Bertz CT molecular complexity index is 653. The van der Waals surface area contributed by atoms with E-state index in [4.69, 9.17) is 9.47 Å². The zero-order valence-electron chi connectivity index (χ0n) is 16.0. The number of amides is 1. The standard InChI is InChI=1S/C19H27FN4O3.HI/c1-2-21-19(22-12-18(25)23-15-7-5-14(20)6-8-15)24-9-11-27-17(13-24)16-4-3-10-26-16;/h5-8,16-17H,2-4,9-13H2,1H3,(H,21,22)(H,23,25);1H. The second kappa shape index (κ2) is 11.5. The van der Waals surface area contributed by atoms with Crippen molar-refractivity contribution in [3.8, 4) is 0 Å². The fraction of sp³-hybridized carbons (Fsp3) is 0.579. The van der Waals surface area contributed by atoms with E-state index < -0.39 is 0 Å². The van der Waals surface area contributed by atoms with Gasteiger partial charge >= 0.3 is 0 Å². The summed E-state index contributed by atoms with van der Waals surface area (Å²) in [7, 11) is 0. The molecule has 156 valence electrons. The first-order valence-corrected chi connectivity index (χ1v) is 9.47. The van der Waals surface area contributed by atoms with E-state index in [-0.39, 0.29) is 54.5 Å². The molecule has 7 nitrogen and oxygen atoms in total. The fourth-order valence-corrected chi connectivity index (χ4v) is 3.29. The summed E-state index contributed by atoms with van der Waals surface area (Å²) in [5, 5.41) is 5.96. The maximum absolute atomic E-state index is 12.9. The molecule has 0 aromatic heterocycles. The molecule has 2 fully saturated rings. The van der Waals surface area contributed by atoms with Crippen molar-refractivity contribution in [2.45, 2.75) is 32.0 Å². The average Bonchev–Trinajstić information content (AvgIpc) is 3.22. The lowest BCUT2D eigenvalue weighted by molar-refractivity contribution is -0.114. The van der Waals surface area contributed by atoms with Gasteiger partial charge in [0.2, 0.25) is 5.91 Å². The van der Waals surface area contributed by atoms with Gasteiger partial charge in [0.25, 0.3) is 0 Å². The lowest BCUT2D eigenvalue weighted by Gasteiger charge is -2.37. The Morgan fingerprint density at radius 2 is 2.00 bits per heavy atom. The third kappa shape index (κ3) is 6.56. The van der Waals surface area contributed by atoms with E-state index in [1.54, 1.807) is 0 Å². The summed E-state index contributed by atoms with van der Waals surface area (Å²) in [4.78, 5) is 18.7. The number of ether oxygens (including phenoxy) is 2. The Morgan fingerprint density at radius 1 is 1.25 bits per heavy atom. The molecule has 2 saturated heterocycles. The largest absolute Gasteiger partial charge is 0.375 e. The number of carbonyl (C=O) groups is 1. The van der Waals surface area contributed by atoms with Crippen molar-refractivity contribution < 1.29 is 18.7 Å². The van der Waals surface area contributed by atoms with Crippen LogP contribution in [0.4, 0.5) is 10.1 Å². The molecule has 2 atom stereocenters. The summed E-state index contributed by atoms with van der Waals surface area (Å²) in [5.74, 6) is 0.104. The summed E-state index contributed by atoms with van der Waals surface area (Å²) in [6.07, 6.45) is 2.25. The zero-order chi connectivity index (χ0) is 19.1. The number of hydrogen-bond acceptors (Lipinski definition) is 4. The van der Waals surface area contributed by atoms with E-state index in [1.807, 2.05) is 6.92 Å². The predicted octanol–water partition coefficient (Wildman–Crippen LogP) is 2.23. The Labute approximate surface area is 182 Å². The number of rotatable bonds is 5. The maximum Gasteiger partial charge on any atom is 0.246 e. The minimum atomic E-state index is -0.339. The Hall–Kier alpha value is -1.46. The first-order chi connectivity index (χ1) is 13.2. The highest BCUT2D eigenvalue weighted by atomic mass is 127. The molecule has 0 saturated carbocycles. The van der Waals surface area contributed by atoms with Gasteiger partial charge in [0.15, 0.2) is 5.96 Å². The van der Waals surface area contributed by atoms with Crippen LogP contribution < -0.4 is 10.6 Å². The van der Waals surface area contributed by atoms with Crippen LogP contribution in [0.1, 0.15) is 19.8 Å². The number of nitrogens with one attached hydrogen (secondary N) is 2. The summed E-state index contributed by atoms with van der Waals surface area (Å²) in [6.45, 7) is 5.50. The summed E-state index contributed by atoms with van der Waals surface area (Å²) in [5.41, 5.74) is 0.548. The molecule has 3 rings (SSSR count). The second-order valence-electron chi connectivity index (χ2n) is 6.63. The van der Waals surface area contributed by atoms with Gasteiger partial charge in [-0.2, -0.15) is 0 Å². The number of guanidine groups is 1. The molecule has 9 heteroatoms. The minimum absolute atomic E-state index is 0. The SMILES string of the molecule is CCNC(=NCC(=O)Nc1ccc(F)cc1)N1CCOC(C2CCCO2)C1.I. The van der Waals surface area contributed by atoms with Gasteiger partial charge < -0.3 is 25.0 Å². The quantitative estimate of drug-likeness (QED) is 0.364. The van der Waals surface area contributed by atoms with E-state index in [9.17, 15) is 9.18 Å². The van der Waals surface area contributed by atoms with Crippen LogP contribution in [0.2, 0.25) is 0 Å². The average molecular weight is 506 g/mol. The van der Waals surface area contributed by atoms with Crippen LogP contribution in [0.3, 0.4) is 0 Å². The molecule has 2 aliphatic heterocycles. The lowest BCUT2D eigenvalue weighted by atomic mass is 10.1. The summed E-state index contributed by atoms with van der Waals surface area (Å²) < 4.78 is 24.6. The third-order valence-electron chi connectivity index (χ3n) is 4.61. The number of aliphatic imine (C=N–C) groups is 1. The van der Waals surface area contributed by atoms with Gasteiger partial charge in [0.05, 0.1) is 12.7 Å². The molecular weight excluding hydrogens is 478 g/mol. The topological polar surface area (TPSA) is 75.2 Å². The second-order valence-corrected chi connectivity index (χ2v) is 6.63. The van der Waals surface area contributed by atoms with Crippen LogP contribution in [0.5, 0.6) is 0 Å². The molecule has 1 amide bonds. The molecule has 1 aromatic rings. The number of halogens is 2. The normalized spacial score (nSPS) is 22.5. The van der Waals surface area contributed by atoms with Crippen LogP contribution >= 0.6 is 24.0 Å². The highest BCUT2D eigenvalue weighted by Gasteiger charge is 2.32. The van der Waals surface area contributed by atoms with Crippen molar-refractivity contribution in [3.63, 3.8) is 0 Å². The van der Waals surface area contributed by atoms with E-state index >= 15 is 0 Å². The van der Waals surface area contributed by atoms with Gasteiger partial charge in [0, 0.05) is 31.9 Å². The number of carbonyl (C=O) groups excluding carboxylic acids is 1. The van der Waals surface area contributed by atoms with Gasteiger partial charge in [-0.25, -0.2) is 9.38 Å². The molecule has 2 heterocycles. The Balaban J connectivity index is 0.00000280. The van der Waals surface area contributed by atoms with Crippen molar-refractivity contribution in [2.24, 2.45) is 4.99 Å². The predicted molar refractivity (Wildman–Crippen MR) is 117 cm³/mol. The third-order valence-corrected chi connectivity index (χ3v) is 4.61. The minimum Gasteiger partial charge on any atom is -0.375 e. The van der Waals surface area contributed by atoms with Gasteiger partial charge in [0.1, 0.15) is 18.5 Å². The highest BCUT2D eigenvalue weighted by Crippen LogP contribution is 2.21. The molecular formula is C19H28FIN4O3. The summed E-state index contributed by atoms with van der Waals surface area (Å²) in [6, 6.07) is 5.66. The fourth-order valence-electron chi connectivity index (χ4n) is 3.29. The first-order valence-electron chi connectivity index (χ1n) is 9.47. The molecule has 2 N–H and O–H groups in total. The van der Waals surface area contributed by atoms with E-state index in [0.29, 0.717) is 37.9 Å².